The third-order valence-electron chi connectivity index (χ3n) is 3.98. The summed E-state index contributed by atoms with van der Waals surface area (Å²) in [5.74, 6) is 2.84. The molecule has 0 unspecified atom stereocenters. The fraction of sp³-hybridized carbons (Fsp3) is 0.733. The van der Waals surface area contributed by atoms with E-state index in [-0.39, 0.29) is 0 Å². The van der Waals surface area contributed by atoms with Crippen LogP contribution in [0, 0.1) is 12.8 Å². The molecule has 1 aliphatic carbocycles. The predicted molar refractivity (Wildman–Crippen MR) is 80.6 cm³/mol. The molecule has 0 aromatic carbocycles. The first-order valence-electron chi connectivity index (χ1n) is 7.52. The lowest BCUT2D eigenvalue weighted by atomic mass is 9.87. The highest BCUT2D eigenvalue weighted by Crippen LogP contribution is 2.27. The summed E-state index contributed by atoms with van der Waals surface area (Å²) < 4.78 is 0. The van der Waals surface area contributed by atoms with Crippen LogP contribution in [0.5, 0.6) is 0 Å². The lowest BCUT2D eigenvalue weighted by Gasteiger charge is -2.28. The molecule has 1 aromatic rings. The number of nitrogens with zero attached hydrogens (tertiary/aromatic N) is 2. The minimum absolute atomic E-state index is 0.573. The Morgan fingerprint density at radius 2 is 1.84 bits per heavy atom. The van der Waals surface area contributed by atoms with E-state index >= 15 is 0 Å². The van der Waals surface area contributed by atoms with Crippen LogP contribution in [0.1, 0.15) is 51.5 Å². The normalized spacial score (nSPS) is 23.1. The van der Waals surface area contributed by atoms with E-state index in [2.05, 4.69) is 41.4 Å². The van der Waals surface area contributed by atoms with E-state index in [9.17, 15) is 0 Å². The molecule has 1 heterocycles. The maximum absolute atomic E-state index is 4.40. The van der Waals surface area contributed by atoms with Crippen molar-refractivity contribution in [3.63, 3.8) is 0 Å². The van der Waals surface area contributed by atoms with Gasteiger partial charge in [0.15, 0.2) is 0 Å². The minimum atomic E-state index is 0.573. The monoisotopic (exact) mass is 262 g/mol. The Kier molecular flexibility index (Phi) is 5.00. The van der Waals surface area contributed by atoms with Crippen LogP contribution >= 0.6 is 0 Å². The topological polar surface area (TPSA) is 49.8 Å². The summed E-state index contributed by atoms with van der Waals surface area (Å²) in [6, 6.07) is 0.573. The van der Waals surface area contributed by atoms with Crippen molar-refractivity contribution in [2.24, 2.45) is 5.92 Å². The zero-order valence-electron chi connectivity index (χ0n) is 12.4. The second-order valence-corrected chi connectivity index (χ2v) is 5.72. The molecular formula is C15H26N4. The van der Waals surface area contributed by atoms with Crippen LogP contribution in [0.25, 0.3) is 0 Å². The Balaban J connectivity index is 1.99. The second-order valence-electron chi connectivity index (χ2n) is 5.72. The average molecular weight is 262 g/mol. The highest BCUT2D eigenvalue weighted by molar-refractivity contribution is 5.56. The fourth-order valence-electron chi connectivity index (χ4n) is 2.62. The average Bonchev–Trinajstić information content (AvgIpc) is 2.42. The molecule has 2 rings (SSSR count). The maximum atomic E-state index is 4.40. The molecule has 106 valence electrons. The summed E-state index contributed by atoms with van der Waals surface area (Å²) in [6.07, 6.45) is 7.90. The Morgan fingerprint density at radius 1 is 1.16 bits per heavy atom. The number of aromatic nitrogens is 2. The van der Waals surface area contributed by atoms with Gasteiger partial charge in [0.2, 0.25) is 0 Å². The van der Waals surface area contributed by atoms with Crippen molar-refractivity contribution in [1.82, 2.24) is 9.97 Å². The standard InChI is InChI=1S/C15H26N4/c1-4-9-16-14-12(3)15(18-10-17-14)19-13-7-5-11(2)6-8-13/h10-11,13H,4-9H2,1-3H3,(H2,16,17,18,19). The maximum Gasteiger partial charge on any atom is 0.134 e. The summed E-state index contributed by atoms with van der Waals surface area (Å²) in [4.78, 5) is 8.72. The summed E-state index contributed by atoms with van der Waals surface area (Å²) in [6.45, 7) is 7.55. The Labute approximate surface area is 116 Å². The van der Waals surface area contributed by atoms with Crippen LogP contribution in [-0.2, 0) is 0 Å². The zero-order valence-corrected chi connectivity index (χ0v) is 12.4. The van der Waals surface area contributed by atoms with Gasteiger partial charge < -0.3 is 10.6 Å². The third-order valence-corrected chi connectivity index (χ3v) is 3.98. The Morgan fingerprint density at radius 3 is 2.53 bits per heavy atom. The summed E-state index contributed by atoms with van der Waals surface area (Å²) in [7, 11) is 0. The van der Waals surface area contributed by atoms with Crippen LogP contribution in [0.2, 0.25) is 0 Å². The molecule has 0 radical (unpaired) electrons. The van der Waals surface area contributed by atoms with Gasteiger partial charge in [0.05, 0.1) is 0 Å². The third kappa shape index (κ3) is 3.82. The molecule has 0 spiro atoms. The molecule has 0 bridgehead atoms. The SMILES string of the molecule is CCCNc1ncnc(NC2CCC(C)CC2)c1C. The number of anilines is 2. The van der Waals surface area contributed by atoms with Gasteiger partial charge in [-0.25, -0.2) is 9.97 Å². The molecule has 0 amide bonds. The van der Waals surface area contributed by atoms with E-state index in [1.165, 1.54) is 25.7 Å². The molecule has 0 aliphatic heterocycles. The van der Waals surface area contributed by atoms with E-state index in [1.54, 1.807) is 6.33 Å². The Bertz CT molecular complexity index is 397. The molecule has 19 heavy (non-hydrogen) atoms. The number of rotatable bonds is 5. The summed E-state index contributed by atoms with van der Waals surface area (Å²) >= 11 is 0. The predicted octanol–water partition coefficient (Wildman–Crippen LogP) is 3.60. The van der Waals surface area contributed by atoms with Gasteiger partial charge in [-0.3, -0.25) is 0 Å². The number of hydrogen-bond acceptors (Lipinski definition) is 4. The molecule has 0 saturated heterocycles. The molecule has 1 saturated carbocycles. The quantitative estimate of drug-likeness (QED) is 0.851. The fourth-order valence-corrected chi connectivity index (χ4v) is 2.62. The van der Waals surface area contributed by atoms with E-state index in [4.69, 9.17) is 0 Å². The highest BCUT2D eigenvalue weighted by Gasteiger charge is 2.19. The van der Waals surface area contributed by atoms with Crippen molar-refractivity contribution in [1.29, 1.82) is 0 Å². The van der Waals surface area contributed by atoms with Gasteiger partial charge in [0, 0.05) is 18.2 Å². The summed E-state index contributed by atoms with van der Waals surface area (Å²) in [5, 5.41) is 6.95. The molecule has 1 aliphatic rings. The minimum Gasteiger partial charge on any atom is -0.370 e. The molecule has 4 heteroatoms. The molecule has 4 nitrogen and oxygen atoms in total. The highest BCUT2D eigenvalue weighted by atomic mass is 15.1. The van der Waals surface area contributed by atoms with Crippen LogP contribution in [0.4, 0.5) is 11.6 Å². The van der Waals surface area contributed by atoms with Gasteiger partial charge in [-0.15, -0.1) is 0 Å². The number of nitrogens with one attached hydrogen (secondary N) is 2. The van der Waals surface area contributed by atoms with Crippen molar-refractivity contribution in [2.45, 2.75) is 58.9 Å². The van der Waals surface area contributed by atoms with Gasteiger partial charge in [0.1, 0.15) is 18.0 Å². The van der Waals surface area contributed by atoms with Gasteiger partial charge in [-0.1, -0.05) is 13.8 Å². The van der Waals surface area contributed by atoms with E-state index in [1.807, 2.05) is 0 Å². The molecule has 2 N–H and O–H groups in total. The van der Waals surface area contributed by atoms with Crippen molar-refractivity contribution in [2.75, 3.05) is 17.2 Å². The van der Waals surface area contributed by atoms with E-state index in [0.29, 0.717) is 6.04 Å². The summed E-state index contributed by atoms with van der Waals surface area (Å²) in [5.41, 5.74) is 1.13. The van der Waals surface area contributed by atoms with Gasteiger partial charge in [-0.05, 0) is 44.9 Å². The zero-order chi connectivity index (χ0) is 13.7. The van der Waals surface area contributed by atoms with Crippen LogP contribution in [0.3, 0.4) is 0 Å². The first-order valence-corrected chi connectivity index (χ1v) is 7.52. The Hall–Kier alpha value is -1.32. The lowest BCUT2D eigenvalue weighted by Crippen LogP contribution is -2.26. The van der Waals surface area contributed by atoms with Gasteiger partial charge >= 0.3 is 0 Å². The molecule has 0 atom stereocenters. The molecular weight excluding hydrogens is 236 g/mol. The van der Waals surface area contributed by atoms with Crippen molar-refractivity contribution in [3.8, 4) is 0 Å². The van der Waals surface area contributed by atoms with Crippen molar-refractivity contribution >= 4 is 11.6 Å². The number of hydrogen-bond donors (Lipinski definition) is 2. The van der Waals surface area contributed by atoms with Crippen molar-refractivity contribution < 1.29 is 0 Å². The van der Waals surface area contributed by atoms with Gasteiger partial charge in [0.25, 0.3) is 0 Å². The lowest BCUT2D eigenvalue weighted by molar-refractivity contribution is 0.360. The van der Waals surface area contributed by atoms with E-state index < -0.39 is 0 Å². The van der Waals surface area contributed by atoms with Crippen LogP contribution < -0.4 is 10.6 Å². The second kappa shape index (κ2) is 6.73. The first-order chi connectivity index (χ1) is 9.20. The first kappa shape index (κ1) is 14.1. The smallest absolute Gasteiger partial charge is 0.134 e. The van der Waals surface area contributed by atoms with Crippen molar-refractivity contribution in [3.05, 3.63) is 11.9 Å². The van der Waals surface area contributed by atoms with E-state index in [0.717, 1.165) is 36.1 Å². The van der Waals surface area contributed by atoms with Gasteiger partial charge in [-0.2, -0.15) is 0 Å². The largest absolute Gasteiger partial charge is 0.370 e. The molecule has 1 fully saturated rings. The van der Waals surface area contributed by atoms with Crippen LogP contribution in [-0.4, -0.2) is 22.6 Å². The molecule has 1 aromatic heterocycles. The van der Waals surface area contributed by atoms with Crippen LogP contribution in [0.15, 0.2) is 6.33 Å².